The molecule has 4 rings (SSSR count). The lowest BCUT2D eigenvalue weighted by Gasteiger charge is -2.13. The summed E-state index contributed by atoms with van der Waals surface area (Å²) in [5, 5.41) is 8.85. The summed E-state index contributed by atoms with van der Waals surface area (Å²) in [6.07, 6.45) is 0. The lowest BCUT2D eigenvalue weighted by Crippen LogP contribution is -2.13. The number of rotatable bonds is 6. The fourth-order valence-corrected chi connectivity index (χ4v) is 3.16. The number of para-hydroxylation sites is 1. The molecule has 29 heavy (non-hydrogen) atoms. The van der Waals surface area contributed by atoms with Gasteiger partial charge in [0.05, 0.1) is 23.4 Å². The second-order valence-corrected chi connectivity index (χ2v) is 6.45. The number of hydrogen-bond donors (Lipinski definition) is 0. The average molecular weight is 389 g/mol. The Morgan fingerprint density at radius 1 is 1.00 bits per heavy atom. The zero-order valence-electron chi connectivity index (χ0n) is 16.1. The van der Waals surface area contributed by atoms with E-state index in [0.29, 0.717) is 17.1 Å². The molecule has 0 bridgehead atoms. The normalized spacial score (nSPS) is 11.0. The molecule has 0 unspecified atom stereocenters. The Hall–Kier alpha value is -3.58. The molecule has 0 aliphatic rings. The number of pyridine rings is 1. The van der Waals surface area contributed by atoms with Gasteiger partial charge in [-0.25, -0.2) is 9.78 Å². The third kappa shape index (κ3) is 3.86. The fourth-order valence-electron chi connectivity index (χ4n) is 3.16. The standard InChI is InChI=1S/C22H19N3O4/c1-14-16-10-6-7-11-17(16)23-18(12-27-2)20(14)22(26)28-13-19-24-25-21(29-19)15-8-4-3-5-9-15/h3-11H,12-13H2,1-2H3. The summed E-state index contributed by atoms with van der Waals surface area (Å²) in [6, 6.07) is 17.0. The third-order valence-corrected chi connectivity index (χ3v) is 4.53. The van der Waals surface area contributed by atoms with Crippen LogP contribution in [0.4, 0.5) is 0 Å². The van der Waals surface area contributed by atoms with E-state index in [1.54, 1.807) is 7.11 Å². The molecule has 7 nitrogen and oxygen atoms in total. The van der Waals surface area contributed by atoms with E-state index in [4.69, 9.17) is 13.9 Å². The molecule has 2 heterocycles. The Bertz CT molecular complexity index is 1160. The van der Waals surface area contributed by atoms with Crippen molar-refractivity contribution in [1.82, 2.24) is 15.2 Å². The number of benzene rings is 2. The van der Waals surface area contributed by atoms with E-state index in [1.807, 2.05) is 61.5 Å². The highest BCUT2D eigenvalue weighted by Gasteiger charge is 2.21. The Morgan fingerprint density at radius 2 is 1.76 bits per heavy atom. The first-order valence-corrected chi connectivity index (χ1v) is 9.09. The summed E-state index contributed by atoms with van der Waals surface area (Å²) in [5.74, 6) is 0.0874. The second-order valence-electron chi connectivity index (χ2n) is 6.45. The van der Waals surface area contributed by atoms with Gasteiger partial charge in [0, 0.05) is 18.1 Å². The molecule has 2 aromatic heterocycles. The maximum Gasteiger partial charge on any atom is 0.340 e. The van der Waals surface area contributed by atoms with Crippen LogP contribution in [0.15, 0.2) is 59.0 Å². The van der Waals surface area contributed by atoms with Gasteiger partial charge in [0.2, 0.25) is 5.89 Å². The van der Waals surface area contributed by atoms with Crippen LogP contribution in [0.2, 0.25) is 0 Å². The molecule has 146 valence electrons. The summed E-state index contributed by atoms with van der Waals surface area (Å²) in [6.45, 7) is 1.95. The van der Waals surface area contributed by atoms with Gasteiger partial charge in [0.1, 0.15) is 0 Å². The van der Waals surface area contributed by atoms with E-state index in [0.717, 1.165) is 22.0 Å². The first-order chi connectivity index (χ1) is 14.2. The van der Waals surface area contributed by atoms with Gasteiger partial charge < -0.3 is 13.9 Å². The van der Waals surface area contributed by atoms with Crippen molar-refractivity contribution in [2.45, 2.75) is 20.1 Å². The molecule has 0 fully saturated rings. The highest BCUT2D eigenvalue weighted by Crippen LogP contribution is 2.25. The number of carbonyl (C=O) groups is 1. The van der Waals surface area contributed by atoms with Crippen LogP contribution >= 0.6 is 0 Å². The molecular weight excluding hydrogens is 370 g/mol. The Labute approximate surface area is 167 Å². The predicted molar refractivity (Wildman–Crippen MR) is 106 cm³/mol. The van der Waals surface area contributed by atoms with Crippen molar-refractivity contribution in [1.29, 1.82) is 0 Å². The monoisotopic (exact) mass is 389 g/mol. The van der Waals surface area contributed by atoms with Crippen molar-refractivity contribution in [3.8, 4) is 11.5 Å². The number of nitrogens with zero attached hydrogens (tertiary/aromatic N) is 3. The van der Waals surface area contributed by atoms with E-state index in [-0.39, 0.29) is 19.1 Å². The van der Waals surface area contributed by atoms with Crippen LogP contribution in [-0.4, -0.2) is 28.3 Å². The van der Waals surface area contributed by atoms with E-state index in [9.17, 15) is 4.79 Å². The molecule has 4 aromatic rings. The minimum Gasteiger partial charge on any atom is -0.452 e. The van der Waals surface area contributed by atoms with Crippen LogP contribution in [0.5, 0.6) is 0 Å². The van der Waals surface area contributed by atoms with Gasteiger partial charge in [0.25, 0.3) is 5.89 Å². The van der Waals surface area contributed by atoms with Crippen LogP contribution in [-0.2, 0) is 22.7 Å². The van der Waals surface area contributed by atoms with Gasteiger partial charge in [-0.1, -0.05) is 36.4 Å². The molecule has 0 saturated carbocycles. The third-order valence-electron chi connectivity index (χ3n) is 4.53. The van der Waals surface area contributed by atoms with Crippen molar-refractivity contribution in [2.75, 3.05) is 7.11 Å². The first-order valence-electron chi connectivity index (χ1n) is 9.09. The molecule has 0 N–H and O–H groups in total. The van der Waals surface area contributed by atoms with Gasteiger partial charge in [-0.2, -0.15) is 0 Å². The van der Waals surface area contributed by atoms with Crippen LogP contribution in [0.1, 0.15) is 27.5 Å². The fraction of sp³-hybridized carbons (Fsp3) is 0.182. The largest absolute Gasteiger partial charge is 0.452 e. The van der Waals surface area contributed by atoms with Crippen LogP contribution in [0, 0.1) is 6.92 Å². The van der Waals surface area contributed by atoms with Gasteiger partial charge in [-0.05, 0) is 30.7 Å². The Kier molecular flexibility index (Phi) is 5.31. The topological polar surface area (TPSA) is 87.3 Å². The summed E-state index contributed by atoms with van der Waals surface area (Å²) < 4.78 is 16.3. The van der Waals surface area contributed by atoms with Crippen LogP contribution < -0.4 is 0 Å². The number of aryl methyl sites for hydroxylation is 1. The summed E-state index contributed by atoms with van der Waals surface area (Å²) in [4.78, 5) is 17.4. The minimum absolute atomic E-state index is 0.128. The first kappa shape index (κ1) is 18.8. The molecule has 0 aliphatic heterocycles. The highest BCUT2D eigenvalue weighted by atomic mass is 16.5. The summed E-state index contributed by atoms with van der Waals surface area (Å²) >= 11 is 0. The number of ether oxygens (including phenoxy) is 2. The van der Waals surface area contributed by atoms with Crippen molar-refractivity contribution in [3.05, 3.63) is 77.3 Å². The van der Waals surface area contributed by atoms with E-state index < -0.39 is 5.97 Å². The molecule has 0 spiro atoms. The SMILES string of the molecule is COCc1nc2ccccc2c(C)c1C(=O)OCc1nnc(-c2ccccc2)o1. The number of esters is 1. The quantitative estimate of drug-likeness (QED) is 0.459. The molecule has 0 saturated heterocycles. The molecule has 0 aliphatic carbocycles. The van der Waals surface area contributed by atoms with Crippen LogP contribution in [0.25, 0.3) is 22.4 Å². The van der Waals surface area contributed by atoms with Crippen LogP contribution in [0.3, 0.4) is 0 Å². The molecule has 7 heteroatoms. The number of hydrogen-bond acceptors (Lipinski definition) is 7. The van der Waals surface area contributed by atoms with Gasteiger partial charge >= 0.3 is 5.97 Å². The molecule has 0 radical (unpaired) electrons. The number of fused-ring (bicyclic) bond motifs is 1. The average Bonchev–Trinajstić information content (AvgIpc) is 3.22. The second kappa shape index (κ2) is 8.20. The van der Waals surface area contributed by atoms with Gasteiger partial charge in [-0.15, -0.1) is 10.2 Å². The maximum atomic E-state index is 12.8. The van der Waals surface area contributed by atoms with E-state index in [1.165, 1.54) is 0 Å². The van der Waals surface area contributed by atoms with E-state index in [2.05, 4.69) is 15.2 Å². The molecular formula is C22H19N3O4. The van der Waals surface area contributed by atoms with Crippen molar-refractivity contribution in [3.63, 3.8) is 0 Å². The number of carbonyl (C=O) groups excluding carboxylic acids is 1. The number of aromatic nitrogens is 3. The summed E-state index contributed by atoms with van der Waals surface area (Å²) in [7, 11) is 1.56. The Morgan fingerprint density at radius 3 is 2.55 bits per heavy atom. The molecule has 0 atom stereocenters. The molecule has 0 amide bonds. The summed E-state index contributed by atoms with van der Waals surface area (Å²) in [5.41, 5.74) is 3.33. The van der Waals surface area contributed by atoms with E-state index >= 15 is 0 Å². The smallest absolute Gasteiger partial charge is 0.340 e. The lowest BCUT2D eigenvalue weighted by molar-refractivity contribution is 0.0432. The van der Waals surface area contributed by atoms with Gasteiger partial charge in [-0.3, -0.25) is 0 Å². The van der Waals surface area contributed by atoms with Crippen molar-refractivity contribution in [2.24, 2.45) is 0 Å². The lowest BCUT2D eigenvalue weighted by atomic mass is 10.0. The molecule has 2 aromatic carbocycles. The highest BCUT2D eigenvalue weighted by molar-refractivity contribution is 5.98. The minimum atomic E-state index is -0.507. The zero-order chi connectivity index (χ0) is 20.2. The Balaban J connectivity index is 1.57. The van der Waals surface area contributed by atoms with Gasteiger partial charge in [0.15, 0.2) is 6.61 Å². The van der Waals surface area contributed by atoms with Crippen molar-refractivity contribution < 1.29 is 18.7 Å². The number of methoxy groups -OCH3 is 1. The zero-order valence-corrected chi connectivity index (χ0v) is 16.1. The van der Waals surface area contributed by atoms with Crippen molar-refractivity contribution >= 4 is 16.9 Å². The predicted octanol–water partition coefficient (Wildman–Crippen LogP) is 4.10. The maximum absolute atomic E-state index is 12.8.